The first-order valence-corrected chi connectivity index (χ1v) is 7.37. The predicted octanol–water partition coefficient (Wildman–Crippen LogP) is 3.23. The average molecular weight is 291 g/mol. The normalized spacial score (nSPS) is 10.9. The van der Waals surface area contributed by atoms with Crippen LogP contribution in [0.2, 0.25) is 0 Å². The van der Waals surface area contributed by atoms with Crippen LogP contribution >= 0.6 is 11.3 Å². The molecule has 2 rings (SSSR count). The van der Waals surface area contributed by atoms with Gasteiger partial charge < -0.3 is 10.0 Å². The third-order valence-corrected chi connectivity index (χ3v) is 4.05. The number of thiophene rings is 1. The molecule has 0 aliphatic carbocycles. The largest absolute Gasteiger partial charge is 0.481 e. The number of nitrogens with zero attached hydrogens (tertiary/aromatic N) is 1. The number of carboxylic acids is 1. The molecule has 0 unspecified atom stereocenters. The van der Waals surface area contributed by atoms with Gasteiger partial charge in [-0.1, -0.05) is 0 Å². The Bertz CT molecular complexity index is 633. The quantitative estimate of drug-likeness (QED) is 0.920. The highest BCUT2D eigenvalue weighted by Crippen LogP contribution is 2.22. The molecular weight excluding hydrogens is 274 g/mol. The second-order valence-corrected chi connectivity index (χ2v) is 5.86. The van der Waals surface area contributed by atoms with Crippen molar-refractivity contribution in [2.24, 2.45) is 0 Å². The number of carbonyl (C=O) groups is 2. The molecule has 0 bridgehead atoms. The maximum atomic E-state index is 12.5. The van der Waals surface area contributed by atoms with Gasteiger partial charge in [0, 0.05) is 22.8 Å². The van der Waals surface area contributed by atoms with Gasteiger partial charge in [-0.05, 0) is 48.9 Å². The Labute approximate surface area is 121 Å². The molecule has 2 aromatic rings. The van der Waals surface area contributed by atoms with Crippen LogP contribution in [0.5, 0.6) is 0 Å². The van der Waals surface area contributed by atoms with Crippen LogP contribution in [-0.2, 0) is 4.79 Å². The van der Waals surface area contributed by atoms with Gasteiger partial charge in [-0.15, -0.1) is 11.3 Å². The van der Waals surface area contributed by atoms with Gasteiger partial charge in [0.25, 0.3) is 5.91 Å². The summed E-state index contributed by atoms with van der Waals surface area (Å²) in [7, 11) is 0. The molecule has 1 amide bonds. The third-order valence-electron chi connectivity index (χ3n) is 3.15. The maximum absolute atomic E-state index is 12.5. The summed E-state index contributed by atoms with van der Waals surface area (Å²) >= 11 is 1.63. The lowest BCUT2D eigenvalue weighted by molar-refractivity contribution is -0.137. The summed E-state index contributed by atoms with van der Waals surface area (Å²) in [5, 5.41) is 11.8. The van der Waals surface area contributed by atoms with Gasteiger partial charge in [-0.3, -0.25) is 9.59 Å². The molecule has 1 aromatic carbocycles. The van der Waals surface area contributed by atoms with Gasteiger partial charge >= 0.3 is 5.97 Å². The van der Waals surface area contributed by atoms with Crippen molar-refractivity contribution in [2.45, 2.75) is 26.3 Å². The van der Waals surface area contributed by atoms with Crippen molar-refractivity contribution in [3.63, 3.8) is 0 Å². The van der Waals surface area contributed by atoms with E-state index in [1.807, 2.05) is 37.4 Å². The van der Waals surface area contributed by atoms with Gasteiger partial charge in [-0.25, -0.2) is 0 Å². The van der Waals surface area contributed by atoms with Crippen molar-refractivity contribution in [1.82, 2.24) is 4.90 Å². The minimum Gasteiger partial charge on any atom is -0.481 e. The van der Waals surface area contributed by atoms with Crippen molar-refractivity contribution in [3.8, 4) is 0 Å². The van der Waals surface area contributed by atoms with E-state index in [-0.39, 0.29) is 24.9 Å². The molecule has 0 fully saturated rings. The minimum atomic E-state index is -0.892. The fourth-order valence-electron chi connectivity index (χ4n) is 2.08. The predicted molar refractivity (Wildman–Crippen MR) is 80.3 cm³/mol. The average Bonchev–Trinajstić information content (AvgIpc) is 2.84. The molecule has 0 saturated heterocycles. The Morgan fingerprint density at radius 2 is 2.05 bits per heavy atom. The zero-order valence-electron chi connectivity index (χ0n) is 11.5. The fourth-order valence-corrected chi connectivity index (χ4v) is 2.85. The van der Waals surface area contributed by atoms with Gasteiger partial charge in [0.1, 0.15) is 0 Å². The van der Waals surface area contributed by atoms with Crippen LogP contribution in [0.25, 0.3) is 10.1 Å². The first-order chi connectivity index (χ1) is 9.49. The molecule has 0 spiro atoms. The van der Waals surface area contributed by atoms with Crippen LogP contribution in [0.3, 0.4) is 0 Å². The standard InChI is InChI=1S/C15H17NO3S/c1-10(2)16(7-5-14(17)18)15(19)12-3-4-13-11(9-12)6-8-20-13/h3-4,6,8-10H,5,7H2,1-2H3,(H,17,18). The van der Waals surface area contributed by atoms with Crippen LogP contribution in [0.4, 0.5) is 0 Å². The zero-order chi connectivity index (χ0) is 14.7. The highest BCUT2D eigenvalue weighted by atomic mass is 32.1. The van der Waals surface area contributed by atoms with Gasteiger partial charge in [0.05, 0.1) is 6.42 Å². The lowest BCUT2D eigenvalue weighted by Crippen LogP contribution is -2.38. The summed E-state index contributed by atoms with van der Waals surface area (Å²) in [6.07, 6.45) is -0.0371. The zero-order valence-corrected chi connectivity index (χ0v) is 12.3. The second-order valence-electron chi connectivity index (χ2n) is 4.91. The molecule has 1 N–H and O–H groups in total. The van der Waals surface area contributed by atoms with E-state index < -0.39 is 5.97 Å². The second kappa shape index (κ2) is 6.05. The smallest absolute Gasteiger partial charge is 0.305 e. The van der Waals surface area contributed by atoms with E-state index in [1.165, 1.54) is 0 Å². The number of hydrogen-bond donors (Lipinski definition) is 1. The summed E-state index contributed by atoms with van der Waals surface area (Å²) in [6.45, 7) is 4.01. The highest BCUT2D eigenvalue weighted by Gasteiger charge is 2.19. The summed E-state index contributed by atoms with van der Waals surface area (Å²) in [5.41, 5.74) is 0.606. The van der Waals surface area contributed by atoms with E-state index >= 15 is 0 Å². The molecule has 1 heterocycles. The molecule has 0 atom stereocenters. The molecule has 20 heavy (non-hydrogen) atoms. The van der Waals surface area contributed by atoms with Gasteiger partial charge in [0.15, 0.2) is 0 Å². The Balaban J connectivity index is 2.23. The third kappa shape index (κ3) is 3.17. The van der Waals surface area contributed by atoms with Crippen LogP contribution in [-0.4, -0.2) is 34.5 Å². The number of rotatable bonds is 5. The Kier molecular flexibility index (Phi) is 4.39. The molecule has 1 aromatic heterocycles. The maximum Gasteiger partial charge on any atom is 0.305 e. The van der Waals surface area contributed by atoms with Crippen molar-refractivity contribution >= 4 is 33.3 Å². The summed E-state index contributed by atoms with van der Waals surface area (Å²) in [5.74, 6) is -1.01. The van der Waals surface area contributed by atoms with Gasteiger partial charge in [0.2, 0.25) is 0 Å². The Hall–Kier alpha value is -1.88. The van der Waals surface area contributed by atoms with Crippen molar-refractivity contribution in [3.05, 3.63) is 35.2 Å². The van der Waals surface area contributed by atoms with E-state index in [0.29, 0.717) is 5.56 Å². The number of carboxylic acid groups (broad SMARTS) is 1. The number of fused-ring (bicyclic) bond motifs is 1. The first kappa shape index (κ1) is 14.5. The lowest BCUT2D eigenvalue weighted by Gasteiger charge is -2.26. The lowest BCUT2D eigenvalue weighted by atomic mass is 10.1. The van der Waals surface area contributed by atoms with Crippen LogP contribution in [0.15, 0.2) is 29.6 Å². The molecule has 0 aliphatic heterocycles. The first-order valence-electron chi connectivity index (χ1n) is 6.49. The molecule has 106 valence electrons. The molecule has 0 radical (unpaired) electrons. The molecule has 4 nitrogen and oxygen atoms in total. The van der Waals surface area contributed by atoms with Gasteiger partial charge in [-0.2, -0.15) is 0 Å². The van der Waals surface area contributed by atoms with Crippen molar-refractivity contribution in [2.75, 3.05) is 6.54 Å². The topological polar surface area (TPSA) is 57.6 Å². The Morgan fingerprint density at radius 1 is 1.30 bits per heavy atom. The molecular formula is C15H17NO3S. The number of aliphatic carboxylic acids is 1. The summed E-state index contributed by atoms with van der Waals surface area (Å²) in [6, 6.07) is 7.55. The van der Waals surface area contributed by atoms with E-state index in [1.54, 1.807) is 22.3 Å². The number of carbonyl (C=O) groups excluding carboxylic acids is 1. The van der Waals surface area contributed by atoms with Crippen LogP contribution in [0.1, 0.15) is 30.6 Å². The van der Waals surface area contributed by atoms with Crippen molar-refractivity contribution in [1.29, 1.82) is 0 Å². The van der Waals surface area contributed by atoms with Crippen LogP contribution in [0, 0.1) is 0 Å². The fraction of sp³-hybridized carbons (Fsp3) is 0.333. The van der Waals surface area contributed by atoms with E-state index in [0.717, 1.165) is 10.1 Å². The van der Waals surface area contributed by atoms with Crippen molar-refractivity contribution < 1.29 is 14.7 Å². The SMILES string of the molecule is CC(C)N(CCC(=O)O)C(=O)c1ccc2sccc2c1. The molecule has 0 saturated carbocycles. The number of hydrogen-bond acceptors (Lipinski definition) is 3. The van der Waals surface area contributed by atoms with E-state index in [2.05, 4.69) is 0 Å². The summed E-state index contributed by atoms with van der Waals surface area (Å²) in [4.78, 5) is 24.8. The minimum absolute atomic E-state index is 0.0278. The highest BCUT2D eigenvalue weighted by molar-refractivity contribution is 7.17. The van der Waals surface area contributed by atoms with Crippen LogP contribution < -0.4 is 0 Å². The Morgan fingerprint density at radius 3 is 2.70 bits per heavy atom. The summed E-state index contributed by atoms with van der Waals surface area (Å²) < 4.78 is 1.14. The van der Waals surface area contributed by atoms with E-state index in [9.17, 15) is 9.59 Å². The number of amides is 1. The number of benzene rings is 1. The molecule has 5 heteroatoms. The molecule has 0 aliphatic rings. The monoisotopic (exact) mass is 291 g/mol. The van der Waals surface area contributed by atoms with E-state index in [4.69, 9.17) is 5.11 Å².